The molecule has 4 rings (SSSR count). The van der Waals surface area contributed by atoms with Crippen molar-refractivity contribution in [1.82, 2.24) is 20.1 Å². The van der Waals surface area contributed by atoms with Crippen LogP contribution in [-0.2, 0) is 9.47 Å². The zero-order valence-corrected chi connectivity index (χ0v) is 21.3. The first-order chi connectivity index (χ1) is 16.9. The predicted molar refractivity (Wildman–Crippen MR) is 135 cm³/mol. The Hall–Kier alpha value is -2.63. The van der Waals surface area contributed by atoms with Crippen molar-refractivity contribution in [3.05, 3.63) is 63.4 Å². The number of anilines is 1. The first kappa shape index (κ1) is 25.5. The lowest BCUT2D eigenvalue weighted by Crippen LogP contribution is -2.30. The van der Waals surface area contributed by atoms with Crippen LogP contribution in [0.4, 0.5) is 5.69 Å². The summed E-state index contributed by atoms with van der Waals surface area (Å²) in [6, 6.07) is 8.23. The molecule has 1 aromatic carbocycles. The van der Waals surface area contributed by atoms with Crippen LogP contribution in [0.5, 0.6) is 0 Å². The fourth-order valence-electron chi connectivity index (χ4n) is 3.35. The lowest BCUT2D eigenvalue weighted by molar-refractivity contribution is 0.0454. The Balaban J connectivity index is 1.68. The number of aromatic nitrogens is 3. The molecular weight excluding hydrogens is 513 g/mol. The molecule has 1 aliphatic heterocycles. The smallest absolute Gasteiger partial charge is 0.274 e. The summed E-state index contributed by atoms with van der Waals surface area (Å²) in [5, 5.41) is 11.8. The van der Waals surface area contributed by atoms with Gasteiger partial charge >= 0.3 is 0 Å². The van der Waals surface area contributed by atoms with Crippen molar-refractivity contribution < 1.29 is 19.1 Å². The number of nitrogens with zero attached hydrogens (tertiary/aromatic N) is 3. The highest BCUT2D eigenvalue weighted by Crippen LogP contribution is 2.31. The van der Waals surface area contributed by atoms with Gasteiger partial charge in [-0.1, -0.05) is 35.0 Å². The fourth-order valence-corrected chi connectivity index (χ4v) is 4.81. The van der Waals surface area contributed by atoms with Gasteiger partial charge in [-0.3, -0.25) is 9.59 Å². The van der Waals surface area contributed by atoms with E-state index in [1.54, 1.807) is 44.5 Å². The van der Waals surface area contributed by atoms with Crippen LogP contribution in [0.2, 0.25) is 10.0 Å². The lowest BCUT2D eigenvalue weighted by Gasteiger charge is -2.23. The van der Waals surface area contributed by atoms with E-state index in [1.807, 2.05) is 0 Å². The number of ether oxygens (including phenoxy) is 2. The summed E-state index contributed by atoms with van der Waals surface area (Å²) < 4.78 is 11.6. The van der Waals surface area contributed by atoms with Gasteiger partial charge in [-0.15, -0.1) is 0 Å². The highest BCUT2D eigenvalue weighted by Gasteiger charge is 2.26. The highest BCUT2D eigenvalue weighted by atomic mass is 35.5. The molecule has 0 bridgehead atoms. The van der Waals surface area contributed by atoms with Gasteiger partial charge in [-0.2, -0.15) is 5.10 Å². The molecule has 0 saturated carbocycles. The molecule has 184 valence electrons. The van der Waals surface area contributed by atoms with Crippen LogP contribution in [0.1, 0.15) is 26.4 Å². The largest absolute Gasteiger partial charge is 0.383 e. The molecular formula is C23H23Cl2N5O4S. The second-order valence-electron chi connectivity index (χ2n) is 7.71. The third kappa shape index (κ3) is 5.96. The molecule has 2 aromatic heterocycles. The first-order valence-corrected chi connectivity index (χ1v) is 12.3. The minimum absolute atomic E-state index is 0.216. The zero-order chi connectivity index (χ0) is 24.9. The number of pyridine rings is 1. The van der Waals surface area contributed by atoms with E-state index < -0.39 is 5.91 Å². The number of rotatable bonds is 9. The van der Waals surface area contributed by atoms with Crippen molar-refractivity contribution in [2.75, 3.05) is 38.8 Å². The molecule has 1 aliphatic rings. The van der Waals surface area contributed by atoms with Gasteiger partial charge < -0.3 is 20.1 Å². The molecule has 0 radical (unpaired) electrons. The Morgan fingerprint density at radius 2 is 2.06 bits per heavy atom. The van der Waals surface area contributed by atoms with E-state index in [9.17, 15) is 9.59 Å². The SMILES string of the molecule is COCCNC(=O)c1cc(Cl)cc(C)c1NC(=O)c1cc(SC2COC2)nn1-c1ncccc1Cl. The Morgan fingerprint density at radius 1 is 1.26 bits per heavy atom. The van der Waals surface area contributed by atoms with E-state index >= 15 is 0 Å². The monoisotopic (exact) mass is 535 g/mol. The van der Waals surface area contributed by atoms with Gasteiger partial charge in [0, 0.05) is 30.9 Å². The molecule has 12 heteroatoms. The second-order valence-corrected chi connectivity index (χ2v) is 9.88. The average Bonchev–Trinajstić information content (AvgIpc) is 3.22. The summed E-state index contributed by atoms with van der Waals surface area (Å²) in [7, 11) is 1.54. The second kappa shape index (κ2) is 11.4. The minimum atomic E-state index is -0.479. The van der Waals surface area contributed by atoms with Crippen LogP contribution in [-0.4, -0.2) is 65.3 Å². The van der Waals surface area contributed by atoms with Crippen molar-refractivity contribution in [3.8, 4) is 5.82 Å². The van der Waals surface area contributed by atoms with Crippen molar-refractivity contribution in [1.29, 1.82) is 0 Å². The molecule has 35 heavy (non-hydrogen) atoms. The van der Waals surface area contributed by atoms with Crippen molar-refractivity contribution in [2.24, 2.45) is 0 Å². The molecule has 2 N–H and O–H groups in total. The lowest BCUT2D eigenvalue weighted by atomic mass is 10.1. The van der Waals surface area contributed by atoms with Gasteiger partial charge in [-0.25, -0.2) is 9.67 Å². The van der Waals surface area contributed by atoms with Crippen LogP contribution in [0.25, 0.3) is 5.82 Å². The van der Waals surface area contributed by atoms with Crippen LogP contribution < -0.4 is 10.6 Å². The quantitative estimate of drug-likeness (QED) is 0.398. The van der Waals surface area contributed by atoms with Gasteiger partial charge in [0.1, 0.15) is 10.7 Å². The number of halogens is 2. The molecule has 0 unspecified atom stereocenters. The standard InChI is InChI=1S/C23H23Cl2N5O4S/c1-13-8-14(24)9-16(22(31)27-6-7-33-2)20(13)28-23(32)18-10-19(35-15-11-34-12-15)29-30(18)21-17(25)4-3-5-26-21/h3-5,8-10,15H,6-7,11-12H2,1-2H3,(H,27,31)(H,28,32). The van der Waals surface area contributed by atoms with Crippen molar-refractivity contribution in [2.45, 2.75) is 17.2 Å². The summed E-state index contributed by atoms with van der Waals surface area (Å²) in [5.74, 6) is -0.542. The number of thioether (sulfide) groups is 1. The minimum Gasteiger partial charge on any atom is -0.383 e. The third-order valence-corrected chi connectivity index (χ3v) is 6.69. The molecule has 0 atom stereocenters. The van der Waals surface area contributed by atoms with Crippen LogP contribution in [0.3, 0.4) is 0 Å². The summed E-state index contributed by atoms with van der Waals surface area (Å²) in [6.45, 7) is 3.66. The van der Waals surface area contributed by atoms with Gasteiger partial charge in [0.05, 0.1) is 41.3 Å². The maximum atomic E-state index is 13.5. The summed E-state index contributed by atoms with van der Waals surface area (Å²) in [5.41, 5.74) is 1.43. The number of amides is 2. The van der Waals surface area contributed by atoms with Crippen LogP contribution in [0, 0.1) is 6.92 Å². The summed E-state index contributed by atoms with van der Waals surface area (Å²) in [6.07, 6.45) is 1.57. The van der Waals surface area contributed by atoms with Crippen molar-refractivity contribution >= 4 is 52.5 Å². The third-order valence-electron chi connectivity index (χ3n) is 5.13. The van der Waals surface area contributed by atoms with Crippen LogP contribution in [0.15, 0.2) is 41.6 Å². The zero-order valence-electron chi connectivity index (χ0n) is 19.0. The molecule has 3 heterocycles. The molecule has 1 fully saturated rings. The van der Waals surface area contributed by atoms with E-state index in [1.165, 1.54) is 22.5 Å². The Morgan fingerprint density at radius 3 is 2.74 bits per heavy atom. The Labute approximate surface area is 216 Å². The number of benzene rings is 1. The van der Waals surface area contributed by atoms with E-state index in [0.717, 1.165) is 0 Å². The molecule has 3 aromatic rings. The van der Waals surface area contributed by atoms with Crippen LogP contribution >= 0.6 is 35.0 Å². The number of nitrogens with one attached hydrogen (secondary N) is 2. The number of carbonyl (C=O) groups is 2. The van der Waals surface area contributed by atoms with E-state index in [-0.39, 0.29) is 22.4 Å². The van der Waals surface area contributed by atoms with Gasteiger partial charge in [0.25, 0.3) is 11.8 Å². The van der Waals surface area contributed by atoms with Gasteiger partial charge in [0.2, 0.25) is 0 Å². The molecule has 0 spiro atoms. The molecule has 9 nitrogen and oxygen atoms in total. The number of hydrogen-bond acceptors (Lipinski definition) is 7. The number of carbonyl (C=O) groups excluding carboxylic acids is 2. The number of methoxy groups -OCH3 is 1. The van der Waals surface area contributed by atoms with E-state index in [4.69, 9.17) is 32.7 Å². The maximum Gasteiger partial charge on any atom is 0.274 e. The number of aryl methyl sites for hydroxylation is 1. The van der Waals surface area contributed by atoms with Gasteiger partial charge in [-0.05, 0) is 36.8 Å². The predicted octanol–water partition coefficient (Wildman–Crippen LogP) is 4.00. The van der Waals surface area contributed by atoms with E-state index in [0.29, 0.717) is 58.5 Å². The maximum absolute atomic E-state index is 13.5. The van der Waals surface area contributed by atoms with Crippen molar-refractivity contribution in [3.63, 3.8) is 0 Å². The molecule has 0 aliphatic carbocycles. The molecule has 2 amide bonds. The summed E-state index contributed by atoms with van der Waals surface area (Å²) >= 11 is 14.1. The fraction of sp³-hybridized carbons (Fsp3) is 0.304. The first-order valence-electron chi connectivity index (χ1n) is 10.7. The number of hydrogen-bond donors (Lipinski definition) is 2. The highest BCUT2D eigenvalue weighted by molar-refractivity contribution is 8.00. The normalized spacial score (nSPS) is 13.4. The molecule has 1 saturated heterocycles. The van der Waals surface area contributed by atoms with Gasteiger partial charge in [0.15, 0.2) is 5.82 Å². The summed E-state index contributed by atoms with van der Waals surface area (Å²) in [4.78, 5) is 30.6. The Bertz CT molecular complexity index is 1250. The topological polar surface area (TPSA) is 107 Å². The Kier molecular flexibility index (Phi) is 8.30. The van der Waals surface area contributed by atoms with E-state index in [2.05, 4.69) is 20.7 Å². The average molecular weight is 536 g/mol.